The molecule has 0 spiro atoms. The second-order valence-corrected chi connectivity index (χ2v) is 19.8. The smallest absolute Gasteiger partial charge is 0.0780 e. The Balaban J connectivity index is 1.46. The molecule has 0 aliphatic carbocycles. The molecule has 0 aliphatic heterocycles. The predicted molar refractivity (Wildman–Crippen MR) is 238 cm³/mol. The highest BCUT2D eigenvalue weighted by molar-refractivity contribution is 6.12. The monoisotopic (exact) mass is 721 g/mol. The fourth-order valence-corrected chi connectivity index (χ4v) is 7.77. The first kappa shape index (κ1) is 36.7. The summed E-state index contributed by atoms with van der Waals surface area (Å²) in [5, 5.41) is 5.94. The lowest BCUT2D eigenvalue weighted by Gasteiger charge is -2.26. The van der Waals surface area contributed by atoms with Crippen LogP contribution in [0.2, 0.25) is 0 Å². The third kappa shape index (κ3) is 6.84. The molecule has 8 aromatic rings. The topological polar surface area (TPSA) is 41.6 Å². The molecule has 0 radical (unpaired) electrons. The Bertz CT molecular complexity index is 2750. The number of nitrogens with one attached hydrogen (secondary N) is 1. The molecule has 0 saturated carbocycles. The Morgan fingerprint density at radius 2 is 1.02 bits per heavy atom. The van der Waals surface area contributed by atoms with E-state index in [0.29, 0.717) is 0 Å². The van der Waals surface area contributed by atoms with Gasteiger partial charge in [0.05, 0.1) is 22.4 Å². The molecule has 0 amide bonds. The molecule has 0 atom stereocenters. The number of nitrogens with zero attached hydrogens (tertiary/aromatic N) is 2. The van der Waals surface area contributed by atoms with Crippen LogP contribution in [0, 0.1) is 0 Å². The number of rotatable bonds is 3. The zero-order valence-electron chi connectivity index (χ0n) is 34.8. The van der Waals surface area contributed by atoms with Gasteiger partial charge in [-0.05, 0) is 109 Å². The van der Waals surface area contributed by atoms with Crippen LogP contribution in [-0.4, -0.2) is 15.0 Å². The zero-order valence-corrected chi connectivity index (χ0v) is 34.8. The van der Waals surface area contributed by atoms with Crippen molar-refractivity contribution < 1.29 is 0 Å². The Labute approximate surface area is 327 Å². The summed E-state index contributed by atoms with van der Waals surface area (Å²) in [5.74, 6) is 0. The maximum atomic E-state index is 5.59. The van der Waals surface area contributed by atoms with E-state index in [1.54, 1.807) is 0 Å². The minimum atomic E-state index is -0.0658. The van der Waals surface area contributed by atoms with Gasteiger partial charge in [0.2, 0.25) is 0 Å². The number of hydrogen-bond acceptors (Lipinski definition) is 2. The number of pyridine rings is 2. The van der Waals surface area contributed by atoms with Gasteiger partial charge in [0.15, 0.2) is 0 Å². The van der Waals surface area contributed by atoms with Crippen molar-refractivity contribution in [1.29, 1.82) is 0 Å². The maximum Gasteiger partial charge on any atom is 0.0780 e. The van der Waals surface area contributed by atoms with Crippen LogP contribution in [0.25, 0.3) is 77.1 Å². The van der Waals surface area contributed by atoms with Crippen molar-refractivity contribution in [3.63, 3.8) is 0 Å². The lowest BCUT2D eigenvalue weighted by molar-refractivity contribution is 0.569. The fraction of sp³-hybridized carbons (Fsp3) is 0.308. The normalized spacial score (nSPS) is 13.1. The number of benzene rings is 5. The summed E-state index contributed by atoms with van der Waals surface area (Å²) >= 11 is 0. The van der Waals surface area contributed by atoms with Gasteiger partial charge in [-0.2, -0.15) is 0 Å². The molecule has 0 saturated heterocycles. The summed E-state index contributed by atoms with van der Waals surface area (Å²) in [7, 11) is 0. The molecular weight excluding hydrogens is 667 g/mol. The first-order valence-corrected chi connectivity index (χ1v) is 19.8. The molecule has 55 heavy (non-hydrogen) atoms. The van der Waals surface area contributed by atoms with Crippen LogP contribution in [0.1, 0.15) is 105 Å². The van der Waals surface area contributed by atoms with Crippen LogP contribution in [0.15, 0.2) is 109 Å². The van der Waals surface area contributed by atoms with Crippen molar-refractivity contribution in [1.82, 2.24) is 15.0 Å². The van der Waals surface area contributed by atoms with Crippen LogP contribution in [0.4, 0.5) is 0 Å². The highest BCUT2D eigenvalue weighted by Gasteiger charge is 2.24. The lowest BCUT2D eigenvalue weighted by atomic mass is 9.79. The Morgan fingerprint density at radius 3 is 1.69 bits per heavy atom. The van der Waals surface area contributed by atoms with Gasteiger partial charge in [-0.1, -0.05) is 138 Å². The molecule has 5 aromatic carbocycles. The van der Waals surface area contributed by atoms with Crippen LogP contribution in [-0.2, 0) is 21.7 Å². The molecule has 0 fully saturated rings. The van der Waals surface area contributed by atoms with Crippen LogP contribution in [0.3, 0.4) is 0 Å². The predicted octanol–water partition coefficient (Wildman–Crippen LogP) is 14.6. The minimum absolute atomic E-state index is 0.00936. The first-order valence-electron chi connectivity index (χ1n) is 19.8. The zero-order chi connectivity index (χ0) is 39.2. The van der Waals surface area contributed by atoms with Crippen LogP contribution < -0.4 is 0 Å². The maximum absolute atomic E-state index is 5.59. The number of aromatic amines is 1. The second-order valence-electron chi connectivity index (χ2n) is 19.8. The molecule has 3 aromatic heterocycles. The van der Waals surface area contributed by atoms with Crippen molar-refractivity contribution in [3.05, 3.63) is 132 Å². The summed E-state index contributed by atoms with van der Waals surface area (Å²) in [4.78, 5) is 14.3. The number of fused-ring (bicyclic) bond motifs is 6. The number of aromatic nitrogens is 3. The average Bonchev–Trinajstić information content (AvgIpc) is 3.50. The van der Waals surface area contributed by atoms with Gasteiger partial charge >= 0.3 is 0 Å². The van der Waals surface area contributed by atoms with Gasteiger partial charge in [0.25, 0.3) is 0 Å². The van der Waals surface area contributed by atoms with Crippen LogP contribution in [0.5, 0.6) is 0 Å². The van der Waals surface area contributed by atoms with E-state index in [2.05, 4.69) is 185 Å². The Kier molecular flexibility index (Phi) is 8.42. The Hall–Kier alpha value is -5.28. The van der Waals surface area contributed by atoms with Crippen molar-refractivity contribution >= 4 is 43.5 Å². The Morgan fingerprint density at radius 1 is 0.436 bits per heavy atom. The third-order valence-electron chi connectivity index (χ3n) is 11.4. The molecule has 0 aliphatic rings. The van der Waals surface area contributed by atoms with Crippen molar-refractivity contribution in [2.45, 2.75) is 105 Å². The SMILES string of the molecule is CC(C)(C)c1cc(-c2cc(-c3ccc4ccc5cccnc5c4c3)nc(-c3cc(C(C)(C)C)cc4c3[nH]c3ccc(C(C)(C)C)cc34)c2)cc(C(C)(C)C)c1. The van der Waals surface area contributed by atoms with Crippen molar-refractivity contribution in [2.75, 3.05) is 0 Å². The van der Waals surface area contributed by atoms with Gasteiger partial charge in [-0.25, -0.2) is 4.98 Å². The molecule has 8 rings (SSSR count). The van der Waals surface area contributed by atoms with Gasteiger partial charge < -0.3 is 4.98 Å². The van der Waals surface area contributed by atoms with Crippen LogP contribution >= 0.6 is 0 Å². The molecule has 0 unspecified atom stereocenters. The molecule has 1 N–H and O–H groups in total. The highest BCUT2D eigenvalue weighted by atomic mass is 14.8. The summed E-state index contributed by atoms with van der Waals surface area (Å²) in [6.07, 6.45) is 1.89. The van der Waals surface area contributed by atoms with Gasteiger partial charge in [-0.3, -0.25) is 4.98 Å². The molecule has 0 bridgehead atoms. The second kappa shape index (κ2) is 12.6. The van der Waals surface area contributed by atoms with E-state index < -0.39 is 0 Å². The van der Waals surface area contributed by atoms with E-state index in [9.17, 15) is 0 Å². The summed E-state index contributed by atoms with van der Waals surface area (Å²) in [6.45, 7) is 27.7. The molecule has 3 nitrogen and oxygen atoms in total. The summed E-state index contributed by atoms with van der Waals surface area (Å²) in [6, 6.07) is 38.7. The van der Waals surface area contributed by atoms with E-state index in [0.717, 1.165) is 55.4 Å². The molecule has 278 valence electrons. The lowest BCUT2D eigenvalue weighted by Crippen LogP contribution is -2.16. The van der Waals surface area contributed by atoms with Crippen molar-refractivity contribution in [3.8, 4) is 33.6 Å². The first-order chi connectivity index (χ1) is 25.7. The highest BCUT2D eigenvalue weighted by Crippen LogP contribution is 2.42. The third-order valence-corrected chi connectivity index (χ3v) is 11.4. The van der Waals surface area contributed by atoms with E-state index in [4.69, 9.17) is 9.97 Å². The van der Waals surface area contributed by atoms with E-state index >= 15 is 0 Å². The van der Waals surface area contributed by atoms with Crippen molar-refractivity contribution in [2.24, 2.45) is 0 Å². The van der Waals surface area contributed by atoms with E-state index in [1.165, 1.54) is 44.0 Å². The number of H-pyrrole nitrogens is 1. The standard InChI is InChI=1S/C52H55N3/c1-49(2,3)36-19-20-44-41(28-36)42-29-39(52(10,11)12)30-43(48(42)55-44)46-26-35(34-22-37(50(4,5)6)27-38(23-34)51(7,8)9)25-45(54-46)33-18-16-31-15-17-32-14-13-21-53-47(32)40(31)24-33/h13-30,55H,1-12H3. The van der Waals surface area contributed by atoms with E-state index in [1.807, 2.05) is 12.3 Å². The van der Waals surface area contributed by atoms with E-state index in [-0.39, 0.29) is 21.7 Å². The largest absolute Gasteiger partial charge is 0.354 e. The summed E-state index contributed by atoms with van der Waals surface area (Å²) in [5.41, 5.74) is 15.0. The number of hydrogen-bond donors (Lipinski definition) is 1. The fourth-order valence-electron chi connectivity index (χ4n) is 7.77. The quantitative estimate of drug-likeness (QED) is 0.185. The average molecular weight is 722 g/mol. The molecule has 3 heteroatoms. The van der Waals surface area contributed by atoms with Gasteiger partial charge in [0, 0.05) is 44.4 Å². The molecular formula is C52H55N3. The van der Waals surface area contributed by atoms with Gasteiger partial charge in [-0.15, -0.1) is 0 Å². The molecule has 3 heterocycles. The minimum Gasteiger partial charge on any atom is -0.354 e. The van der Waals surface area contributed by atoms with Gasteiger partial charge in [0.1, 0.15) is 0 Å². The summed E-state index contributed by atoms with van der Waals surface area (Å²) < 4.78 is 0.